The molecular formula is C9H22O4. The van der Waals surface area contributed by atoms with Crippen LogP contribution in [0.25, 0.3) is 0 Å². The minimum absolute atomic E-state index is 0.0648. The van der Waals surface area contributed by atoms with Gasteiger partial charge >= 0.3 is 0 Å². The first kappa shape index (κ1) is 15.3. The lowest BCUT2D eigenvalue weighted by Gasteiger charge is -2.19. The van der Waals surface area contributed by atoms with Crippen LogP contribution in [0.15, 0.2) is 0 Å². The number of hydrogen-bond acceptors (Lipinski definition) is 4. The van der Waals surface area contributed by atoms with Gasteiger partial charge in [-0.2, -0.15) is 0 Å². The van der Waals surface area contributed by atoms with Crippen LogP contribution in [0.1, 0.15) is 20.8 Å². The van der Waals surface area contributed by atoms with Crippen LogP contribution in [-0.2, 0) is 18.9 Å². The van der Waals surface area contributed by atoms with Crippen molar-refractivity contribution in [1.29, 1.82) is 0 Å². The fraction of sp³-hybridized carbons (Fsp3) is 1.00. The van der Waals surface area contributed by atoms with Crippen molar-refractivity contribution >= 4 is 0 Å². The molecule has 0 aliphatic carbocycles. The average Bonchev–Trinajstić information content (AvgIpc) is 2.17. The molecule has 0 amide bonds. The molecule has 0 aromatic carbocycles. The normalized spacial score (nSPS) is 11.1. The van der Waals surface area contributed by atoms with Crippen molar-refractivity contribution < 1.29 is 18.9 Å². The maximum Gasteiger partial charge on any atom is 0.161 e. The van der Waals surface area contributed by atoms with Gasteiger partial charge in [0, 0.05) is 28.4 Å². The van der Waals surface area contributed by atoms with E-state index in [9.17, 15) is 0 Å². The summed E-state index contributed by atoms with van der Waals surface area (Å²) in [6.07, 6.45) is -0.0648. The van der Waals surface area contributed by atoms with E-state index in [2.05, 4.69) is 9.47 Å². The molecule has 0 saturated carbocycles. The Hall–Kier alpha value is -0.160. The van der Waals surface area contributed by atoms with Gasteiger partial charge in [0.05, 0.1) is 0 Å². The molecule has 0 aromatic rings. The van der Waals surface area contributed by atoms with Crippen LogP contribution in [0.5, 0.6) is 0 Å². The van der Waals surface area contributed by atoms with E-state index in [0.29, 0.717) is 0 Å². The van der Waals surface area contributed by atoms with Gasteiger partial charge in [0.1, 0.15) is 0 Å². The van der Waals surface area contributed by atoms with Gasteiger partial charge in [0.2, 0.25) is 0 Å². The first-order valence-electron chi connectivity index (χ1n) is 4.09. The molecule has 0 fully saturated rings. The number of ether oxygens (including phenoxy) is 4. The second kappa shape index (κ2) is 8.44. The van der Waals surface area contributed by atoms with Gasteiger partial charge in [0.25, 0.3) is 0 Å². The lowest BCUT2D eigenvalue weighted by Crippen LogP contribution is -2.24. The third kappa shape index (κ3) is 11.8. The van der Waals surface area contributed by atoms with Crippen LogP contribution in [-0.4, -0.2) is 40.5 Å². The summed E-state index contributed by atoms with van der Waals surface area (Å²) in [5.74, 6) is -0.417. The number of rotatable bonds is 4. The van der Waals surface area contributed by atoms with Gasteiger partial charge in [-0.15, -0.1) is 0 Å². The van der Waals surface area contributed by atoms with Crippen molar-refractivity contribution in [1.82, 2.24) is 0 Å². The summed E-state index contributed by atoms with van der Waals surface area (Å²) in [5.41, 5.74) is 0. The Kier molecular flexibility index (Phi) is 9.94. The quantitative estimate of drug-likeness (QED) is 0.637. The van der Waals surface area contributed by atoms with E-state index in [1.54, 1.807) is 28.4 Å². The summed E-state index contributed by atoms with van der Waals surface area (Å²) >= 11 is 0. The number of methoxy groups -OCH3 is 4. The molecule has 0 N–H and O–H groups in total. The van der Waals surface area contributed by atoms with Crippen LogP contribution in [0, 0.1) is 0 Å². The maximum atomic E-state index is 4.86. The second-order valence-electron chi connectivity index (χ2n) is 2.85. The fourth-order valence-electron chi connectivity index (χ4n) is 0.180. The Balaban J connectivity index is 0. The van der Waals surface area contributed by atoms with Crippen LogP contribution in [0.3, 0.4) is 0 Å². The molecule has 4 heteroatoms. The molecule has 0 aliphatic heterocycles. The topological polar surface area (TPSA) is 36.9 Å². The predicted molar refractivity (Wildman–Crippen MR) is 51.6 cm³/mol. The molecule has 0 unspecified atom stereocenters. The molecule has 0 aliphatic rings. The standard InChI is InChI=1S/C5H12O2.C4H10O2/c1-5(2,6-3)7-4;1-4(5-2)6-3/h1-4H3;4H,1-3H3. The van der Waals surface area contributed by atoms with Crippen LogP contribution >= 0.6 is 0 Å². The molecule has 0 spiro atoms. The first-order chi connectivity index (χ1) is 5.93. The molecule has 0 bridgehead atoms. The highest BCUT2D eigenvalue weighted by Crippen LogP contribution is 2.05. The molecule has 0 radical (unpaired) electrons. The van der Waals surface area contributed by atoms with E-state index in [-0.39, 0.29) is 6.29 Å². The zero-order chi connectivity index (χ0) is 10.9. The molecule has 0 aromatic heterocycles. The first-order valence-corrected chi connectivity index (χ1v) is 4.09. The fourth-order valence-corrected chi connectivity index (χ4v) is 0.180. The molecule has 4 nitrogen and oxygen atoms in total. The Bertz CT molecular complexity index is 93.8. The second-order valence-corrected chi connectivity index (χ2v) is 2.85. The number of hydrogen-bond donors (Lipinski definition) is 0. The van der Waals surface area contributed by atoms with Gasteiger partial charge in [0.15, 0.2) is 12.1 Å². The Morgan fingerprint density at radius 1 is 0.846 bits per heavy atom. The molecule has 13 heavy (non-hydrogen) atoms. The summed E-state index contributed by atoms with van der Waals surface area (Å²) in [7, 11) is 6.44. The maximum absolute atomic E-state index is 4.86. The van der Waals surface area contributed by atoms with E-state index in [4.69, 9.17) is 9.47 Å². The molecule has 0 heterocycles. The van der Waals surface area contributed by atoms with Crippen molar-refractivity contribution in [3.63, 3.8) is 0 Å². The van der Waals surface area contributed by atoms with Gasteiger partial charge in [-0.25, -0.2) is 0 Å². The van der Waals surface area contributed by atoms with Crippen molar-refractivity contribution in [2.24, 2.45) is 0 Å². The molecular weight excluding hydrogens is 172 g/mol. The van der Waals surface area contributed by atoms with E-state index < -0.39 is 5.79 Å². The summed E-state index contributed by atoms with van der Waals surface area (Å²) < 4.78 is 19.1. The van der Waals surface area contributed by atoms with Gasteiger partial charge < -0.3 is 18.9 Å². The van der Waals surface area contributed by atoms with Gasteiger partial charge in [-0.3, -0.25) is 0 Å². The van der Waals surface area contributed by atoms with E-state index in [1.165, 1.54) is 0 Å². The van der Waals surface area contributed by atoms with Crippen molar-refractivity contribution in [2.75, 3.05) is 28.4 Å². The summed E-state index contributed by atoms with van der Waals surface area (Å²) in [6, 6.07) is 0. The average molecular weight is 194 g/mol. The minimum Gasteiger partial charge on any atom is -0.356 e. The summed E-state index contributed by atoms with van der Waals surface area (Å²) in [5, 5.41) is 0. The third-order valence-corrected chi connectivity index (χ3v) is 1.65. The Morgan fingerprint density at radius 3 is 1.15 bits per heavy atom. The monoisotopic (exact) mass is 194 g/mol. The molecule has 0 rings (SSSR count). The van der Waals surface area contributed by atoms with Crippen LogP contribution < -0.4 is 0 Å². The highest BCUT2D eigenvalue weighted by atomic mass is 16.7. The Morgan fingerprint density at radius 2 is 1.15 bits per heavy atom. The van der Waals surface area contributed by atoms with Crippen LogP contribution in [0.4, 0.5) is 0 Å². The lowest BCUT2D eigenvalue weighted by atomic mass is 10.4. The van der Waals surface area contributed by atoms with Gasteiger partial charge in [-0.05, 0) is 20.8 Å². The SMILES string of the molecule is COC(C)(C)OC.COC(C)OC. The zero-order valence-electron chi connectivity index (χ0n) is 9.71. The van der Waals surface area contributed by atoms with E-state index in [0.717, 1.165) is 0 Å². The molecule has 82 valence electrons. The predicted octanol–water partition coefficient (Wildman–Crippen LogP) is 1.64. The van der Waals surface area contributed by atoms with E-state index in [1.807, 2.05) is 20.8 Å². The smallest absolute Gasteiger partial charge is 0.161 e. The van der Waals surface area contributed by atoms with Gasteiger partial charge in [-0.1, -0.05) is 0 Å². The molecule has 0 saturated heterocycles. The highest BCUT2D eigenvalue weighted by molar-refractivity contribution is 4.47. The zero-order valence-corrected chi connectivity index (χ0v) is 9.71. The van der Waals surface area contributed by atoms with Crippen molar-refractivity contribution in [2.45, 2.75) is 32.8 Å². The van der Waals surface area contributed by atoms with Crippen molar-refractivity contribution in [3.05, 3.63) is 0 Å². The largest absolute Gasteiger partial charge is 0.356 e. The highest BCUT2D eigenvalue weighted by Gasteiger charge is 2.11. The Labute approximate surface area is 81.1 Å². The third-order valence-electron chi connectivity index (χ3n) is 1.65. The minimum atomic E-state index is -0.417. The summed E-state index contributed by atoms with van der Waals surface area (Å²) in [4.78, 5) is 0. The molecule has 0 atom stereocenters. The van der Waals surface area contributed by atoms with Crippen LogP contribution in [0.2, 0.25) is 0 Å². The summed E-state index contributed by atoms with van der Waals surface area (Å²) in [6.45, 7) is 5.54. The lowest BCUT2D eigenvalue weighted by molar-refractivity contribution is -0.178. The van der Waals surface area contributed by atoms with E-state index >= 15 is 0 Å². The van der Waals surface area contributed by atoms with Crippen molar-refractivity contribution in [3.8, 4) is 0 Å².